The van der Waals surface area contributed by atoms with Crippen LogP contribution < -0.4 is 0 Å². The first-order valence-corrected chi connectivity index (χ1v) is 3.93. The SMILES string of the molecule is CCCCc1cc(C(=O)O)no1. The highest BCUT2D eigenvalue weighted by Gasteiger charge is 2.09. The molecular formula is C8H11NO3. The number of carbonyl (C=O) groups is 1. The van der Waals surface area contributed by atoms with Crippen molar-refractivity contribution in [2.45, 2.75) is 26.2 Å². The number of unbranched alkanes of at least 4 members (excludes halogenated alkanes) is 1. The van der Waals surface area contributed by atoms with Crippen LogP contribution in [0, 0.1) is 0 Å². The van der Waals surface area contributed by atoms with Crippen LogP contribution in [0.25, 0.3) is 0 Å². The van der Waals surface area contributed by atoms with E-state index >= 15 is 0 Å². The molecule has 1 aromatic rings. The van der Waals surface area contributed by atoms with Crippen LogP contribution in [0.2, 0.25) is 0 Å². The molecule has 1 N–H and O–H groups in total. The summed E-state index contributed by atoms with van der Waals surface area (Å²) in [5, 5.41) is 11.9. The molecule has 0 aliphatic rings. The van der Waals surface area contributed by atoms with Crippen molar-refractivity contribution in [1.82, 2.24) is 5.16 Å². The third kappa shape index (κ3) is 2.08. The maximum atomic E-state index is 10.4. The van der Waals surface area contributed by atoms with E-state index in [-0.39, 0.29) is 5.69 Å². The predicted molar refractivity (Wildman–Crippen MR) is 42.1 cm³/mol. The van der Waals surface area contributed by atoms with E-state index < -0.39 is 5.97 Å². The number of hydrogen-bond donors (Lipinski definition) is 1. The van der Waals surface area contributed by atoms with E-state index in [9.17, 15) is 4.79 Å². The standard InChI is InChI=1S/C8H11NO3/c1-2-3-4-6-5-7(8(10)11)9-12-6/h5H,2-4H2,1H3,(H,10,11). The number of hydrogen-bond acceptors (Lipinski definition) is 3. The monoisotopic (exact) mass is 169 g/mol. The zero-order chi connectivity index (χ0) is 8.97. The molecule has 0 aliphatic heterocycles. The molecule has 4 nitrogen and oxygen atoms in total. The van der Waals surface area contributed by atoms with Crippen molar-refractivity contribution in [1.29, 1.82) is 0 Å². The molecule has 0 unspecified atom stereocenters. The zero-order valence-electron chi connectivity index (χ0n) is 6.91. The first kappa shape index (κ1) is 8.77. The van der Waals surface area contributed by atoms with Gasteiger partial charge in [-0.3, -0.25) is 0 Å². The summed E-state index contributed by atoms with van der Waals surface area (Å²) < 4.78 is 4.80. The van der Waals surface area contributed by atoms with Gasteiger partial charge in [0.15, 0.2) is 5.69 Å². The first-order valence-electron chi connectivity index (χ1n) is 3.93. The molecule has 0 fully saturated rings. The Hall–Kier alpha value is -1.32. The molecule has 66 valence electrons. The molecule has 0 aliphatic carbocycles. The summed E-state index contributed by atoms with van der Waals surface area (Å²) in [4.78, 5) is 10.4. The van der Waals surface area contributed by atoms with Crippen LogP contribution in [-0.2, 0) is 6.42 Å². The van der Waals surface area contributed by atoms with Crippen LogP contribution in [0.15, 0.2) is 10.6 Å². The Morgan fingerprint density at radius 3 is 3.00 bits per heavy atom. The van der Waals surface area contributed by atoms with Gasteiger partial charge in [0, 0.05) is 12.5 Å². The Kier molecular flexibility index (Phi) is 2.85. The van der Waals surface area contributed by atoms with Crippen molar-refractivity contribution in [2.24, 2.45) is 0 Å². The van der Waals surface area contributed by atoms with Crippen molar-refractivity contribution < 1.29 is 14.4 Å². The quantitative estimate of drug-likeness (QED) is 0.745. The van der Waals surface area contributed by atoms with E-state index in [0.717, 1.165) is 19.3 Å². The normalized spacial score (nSPS) is 10.1. The minimum absolute atomic E-state index is 0.0129. The summed E-state index contributed by atoms with van der Waals surface area (Å²) in [5.74, 6) is -0.393. The van der Waals surface area contributed by atoms with Gasteiger partial charge >= 0.3 is 5.97 Å². The third-order valence-corrected chi connectivity index (χ3v) is 1.55. The minimum atomic E-state index is -1.04. The van der Waals surface area contributed by atoms with Crippen molar-refractivity contribution in [3.63, 3.8) is 0 Å². The van der Waals surface area contributed by atoms with E-state index in [2.05, 4.69) is 12.1 Å². The molecule has 12 heavy (non-hydrogen) atoms. The number of nitrogens with zero attached hydrogens (tertiary/aromatic N) is 1. The Morgan fingerprint density at radius 1 is 1.75 bits per heavy atom. The Bertz CT molecular complexity index is 267. The van der Waals surface area contributed by atoms with Gasteiger partial charge in [-0.05, 0) is 6.42 Å². The van der Waals surface area contributed by atoms with Crippen LogP contribution in [0.5, 0.6) is 0 Å². The maximum absolute atomic E-state index is 10.4. The van der Waals surface area contributed by atoms with Crippen LogP contribution >= 0.6 is 0 Å². The van der Waals surface area contributed by atoms with E-state index in [1.165, 1.54) is 6.07 Å². The number of rotatable bonds is 4. The predicted octanol–water partition coefficient (Wildman–Crippen LogP) is 1.72. The Labute approximate surface area is 70.2 Å². The van der Waals surface area contributed by atoms with E-state index in [1.54, 1.807) is 0 Å². The van der Waals surface area contributed by atoms with Crippen molar-refractivity contribution in [3.8, 4) is 0 Å². The van der Waals surface area contributed by atoms with Gasteiger partial charge in [-0.2, -0.15) is 0 Å². The molecule has 0 aromatic carbocycles. The highest BCUT2D eigenvalue weighted by molar-refractivity contribution is 5.85. The third-order valence-electron chi connectivity index (χ3n) is 1.55. The molecule has 0 amide bonds. The number of aromatic nitrogens is 1. The average Bonchev–Trinajstić information content (AvgIpc) is 2.48. The van der Waals surface area contributed by atoms with Gasteiger partial charge in [-0.25, -0.2) is 4.79 Å². The molecule has 0 saturated carbocycles. The Morgan fingerprint density at radius 2 is 2.50 bits per heavy atom. The lowest BCUT2D eigenvalue weighted by atomic mass is 10.2. The van der Waals surface area contributed by atoms with Gasteiger partial charge in [0.05, 0.1) is 0 Å². The molecule has 0 spiro atoms. The molecule has 1 rings (SSSR count). The first-order chi connectivity index (χ1) is 5.74. The average molecular weight is 169 g/mol. The molecule has 1 aromatic heterocycles. The summed E-state index contributed by atoms with van der Waals surface area (Å²) in [6.07, 6.45) is 2.81. The molecule has 4 heteroatoms. The molecule has 1 heterocycles. The maximum Gasteiger partial charge on any atom is 0.358 e. The van der Waals surface area contributed by atoms with Gasteiger partial charge in [-0.1, -0.05) is 18.5 Å². The summed E-state index contributed by atoms with van der Waals surface area (Å²) >= 11 is 0. The number of carboxylic acids is 1. The molecular weight excluding hydrogens is 158 g/mol. The molecule has 0 saturated heterocycles. The second kappa shape index (κ2) is 3.90. The van der Waals surface area contributed by atoms with Crippen LogP contribution in [0.3, 0.4) is 0 Å². The van der Waals surface area contributed by atoms with E-state index in [1.807, 2.05) is 0 Å². The smallest absolute Gasteiger partial charge is 0.358 e. The zero-order valence-corrected chi connectivity index (χ0v) is 6.91. The summed E-state index contributed by atoms with van der Waals surface area (Å²) in [6, 6.07) is 1.47. The highest BCUT2D eigenvalue weighted by atomic mass is 16.5. The van der Waals surface area contributed by atoms with Crippen LogP contribution in [0.1, 0.15) is 36.0 Å². The van der Waals surface area contributed by atoms with Crippen LogP contribution in [-0.4, -0.2) is 16.2 Å². The Balaban J connectivity index is 2.58. The fourth-order valence-electron chi connectivity index (χ4n) is 0.883. The molecule has 0 atom stereocenters. The summed E-state index contributed by atoms with van der Waals surface area (Å²) in [6.45, 7) is 2.06. The fraction of sp³-hybridized carbons (Fsp3) is 0.500. The molecule has 0 radical (unpaired) electrons. The highest BCUT2D eigenvalue weighted by Crippen LogP contribution is 2.07. The lowest BCUT2D eigenvalue weighted by molar-refractivity contribution is 0.0685. The van der Waals surface area contributed by atoms with Crippen molar-refractivity contribution >= 4 is 5.97 Å². The van der Waals surface area contributed by atoms with Crippen LogP contribution in [0.4, 0.5) is 0 Å². The minimum Gasteiger partial charge on any atom is -0.476 e. The van der Waals surface area contributed by atoms with E-state index in [4.69, 9.17) is 9.63 Å². The topological polar surface area (TPSA) is 63.3 Å². The molecule has 0 bridgehead atoms. The van der Waals surface area contributed by atoms with Crippen molar-refractivity contribution in [2.75, 3.05) is 0 Å². The summed E-state index contributed by atoms with van der Waals surface area (Å²) in [5.41, 5.74) is -0.0129. The van der Waals surface area contributed by atoms with Gasteiger partial charge < -0.3 is 9.63 Å². The summed E-state index contributed by atoms with van der Waals surface area (Å²) in [7, 11) is 0. The fourth-order valence-corrected chi connectivity index (χ4v) is 0.883. The number of aromatic carboxylic acids is 1. The lowest BCUT2D eigenvalue weighted by Gasteiger charge is -1.88. The second-order valence-corrected chi connectivity index (χ2v) is 2.59. The van der Waals surface area contributed by atoms with Gasteiger partial charge in [-0.15, -0.1) is 0 Å². The lowest BCUT2D eigenvalue weighted by Crippen LogP contribution is -1.94. The number of aryl methyl sites for hydroxylation is 1. The van der Waals surface area contributed by atoms with Gasteiger partial charge in [0.2, 0.25) is 0 Å². The van der Waals surface area contributed by atoms with Gasteiger partial charge in [0.1, 0.15) is 5.76 Å². The van der Waals surface area contributed by atoms with E-state index in [0.29, 0.717) is 5.76 Å². The second-order valence-electron chi connectivity index (χ2n) is 2.59. The van der Waals surface area contributed by atoms with Crippen molar-refractivity contribution in [3.05, 3.63) is 17.5 Å². The van der Waals surface area contributed by atoms with Gasteiger partial charge in [0.25, 0.3) is 0 Å². The largest absolute Gasteiger partial charge is 0.476 e. The number of carboxylic acid groups (broad SMARTS) is 1.